The van der Waals surface area contributed by atoms with Crippen molar-refractivity contribution in [3.8, 4) is 11.1 Å². The van der Waals surface area contributed by atoms with Crippen LogP contribution >= 0.6 is 11.6 Å². The molecule has 1 aromatic heterocycles. The first-order valence-corrected chi connectivity index (χ1v) is 8.75. The first-order chi connectivity index (χ1) is 12.9. The van der Waals surface area contributed by atoms with E-state index in [1.54, 1.807) is 17.3 Å². The number of nitrogens with two attached hydrogens (primary N) is 1. The lowest BCUT2D eigenvalue weighted by Gasteiger charge is -2.15. The van der Waals surface area contributed by atoms with E-state index in [4.69, 9.17) is 17.3 Å². The van der Waals surface area contributed by atoms with Crippen LogP contribution in [0.4, 0.5) is 0 Å². The van der Waals surface area contributed by atoms with Crippen LogP contribution in [0.3, 0.4) is 0 Å². The van der Waals surface area contributed by atoms with Crippen LogP contribution in [0.5, 0.6) is 0 Å². The summed E-state index contributed by atoms with van der Waals surface area (Å²) in [6.07, 6.45) is 3.34. The summed E-state index contributed by atoms with van der Waals surface area (Å²) in [5, 5.41) is 2.60. The number of amides is 2. The van der Waals surface area contributed by atoms with E-state index in [2.05, 4.69) is 11.6 Å². The summed E-state index contributed by atoms with van der Waals surface area (Å²) < 4.78 is 0. The molecule has 0 bridgehead atoms. The normalized spacial score (nSPS) is 13.1. The highest BCUT2D eigenvalue weighted by Crippen LogP contribution is 2.33. The molecule has 4 rings (SSSR count). The zero-order valence-corrected chi connectivity index (χ0v) is 15.2. The van der Waals surface area contributed by atoms with Crippen LogP contribution in [-0.2, 0) is 11.3 Å². The Morgan fingerprint density at radius 3 is 2.70 bits per heavy atom. The molecule has 2 aromatic carbocycles. The Hall–Kier alpha value is -3.18. The smallest absolute Gasteiger partial charge is 0.254 e. The molecular formula is C21H16ClN3O2. The Bertz CT molecular complexity index is 1120. The lowest BCUT2D eigenvalue weighted by Crippen LogP contribution is -2.30. The third-order valence-electron chi connectivity index (χ3n) is 4.77. The monoisotopic (exact) mass is 377 g/mol. The fraction of sp³-hybridized carbons (Fsp3) is 0.0952. The van der Waals surface area contributed by atoms with Crippen molar-refractivity contribution < 1.29 is 9.59 Å². The predicted octanol–water partition coefficient (Wildman–Crippen LogP) is 3.55. The number of halogens is 1. The van der Waals surface area contributed by atoms with Gasteiger partial charge < -0.3 is 10.6 Å². The molecule has 5 nitrogen and oxygen atoms in total. The molecule has 27 heavy (non-hydrogen) atoms. The van der Waals surface area contributed by atoms with Gasteiger partial charge in [-0.05, 0) is 40.1 Å². The minimum absolute atomic E-state index is 0.121. The molecular weight excluding hydrogens is 362 g/mol. The van der Waals surface area contributed by atoms with Gasteiger partial charge in [0.25, 0.3) is 5.91 Å². The number of nitrogens with zero attached hydrogens (tertiary/aromatic N) is 2. The van der Waals surface area contributed by atoms with Gasteiger partial charge in [-0.1, -0.05) is 36.4 Å². The molecule has 0 saturated heterocycles. The van der Waals surface area contributed by atoms with E-state index in [-0.39, 0.29) is 18.0 Å². The number of benzene rings is 2. The summed E-state index contributed by atoms with van der Waals surface area (Å²) in [5.74, 6) is -0.719. The van der Waals surface area contributed by atoms with Crippen LogP contribution in [0, 0.1) is 0 Å². The minimum Gasteiger partial charge on any atom is -0.366 e. The van der Waals surface area contributed by atoms with Crippen LogP contribution in [-0.4, -0.2) is 28.2 Å². The second-order valence-corrected chi connectivity index (χ2v) is 6.98. The third-order valence-corrected chi connectivity index (χ3v) is 4.97. The van der Waals surface area contributed by atoms with Gasteiger partial charge in [-0.15, -0.1) is 0 Å². The maximum absolute atomic E-state index is 12.7. The van der Waals surface area contributed by atoms with E-state index in [0.29, 0.717) is 17.1 Å². The van der Waals surface area contributed by atoms with Gasteiger partial charge in [0.05, 0.1) is 11.6 Å². The van der Waals surface area contributed by atoms with Crippen molar-refractivity contribution in [2.45, 2.75) is 6.54 Å². The van der Waals surface area contributed by atoms with Crippen LogP contribution in [0.15, 0.2) is 60.9 Å². The van der Waals surface area contributed by atoms with E-state index in [1.807, 2.05) is 36.4 Å². The maximum atomic E-state index is 12.7. The molecule has 1 aliphatic heterocycles. The molecule has 0 fully saturated rings. The number of rotatable bonds is 4. The molecule has 0 saturated carbocycles. The Morgan fingerprint density at radius 2 is 1.96 bits per heavy atom. The molecule has 1 aliphatic rings. The summed E-state index contributed by atoms with van der Waals surface area (Å²) >= 11 is 6.06. The number of aromatic nitrogens is 1. The lowest BCUT2D eigenvalue weighted by molar-refractivity contribution is -0.114. The highest BCUT2D eigenvalue weighted by Gasteiger charge is 2.29. The van der Waals surface area contributed by atoms with Gasteiger partial charge in [0.15, 0.2) is 0 Å². The van der Waals surface area contributed by atoms with E-state index in [9.17, 15) is 9.59 Å². The van der Waals surface area contributed by atoms with E-state index in [1.165, 1.54) is 0 Å². The fourth-order valence-electron chi connectivity index (χ4n) is 3.37. The number of hydrogen-bond donors (Lipinski definition) is 1. The molecule has 2 N–H and O–H groups in total. The van der Waals surface area contributed by atoms with Crippen LogP contribution in [0.25, 0.3) is 21.9 Å². The van der Waals surface area contributed by atoms with Crippen molar-refractivity contribution in [2.75, 3.05) is 6.54 Å². The van der Waals surface area contributed by atoms with E-state index < -0.39 is 5.91 Å². The van der Waals surface area contributed by atoms with E-state index in [0.717, 1.165) is 27.5 Å². The molecule has 0 radical (unpaired) electrons. The number of hydrogen-bond acceptors (Lipinski definition) is 3. The second-order valence-electron chi connectivity index (χ2n) is 6.55. The average Bonchev–Trinajstić information content (AvgIpc) is 2.97. The van der Waals surface area contributed by atoms with Crippen LogP contribution in [0.2, 0.25) is 5.02 Å². The van der Waals surface area contributed by atoms with Crippen LogP contribution in [0.1, 0.15) is 15.9 Å². The summed E-state index contributed by atoms with van der Waals surface area (Å²) in [4.78, 5) is 29.7. The van der Waals surface area contributed by atoms with Gasteiger partial charge >= 0.3 is 0 Å². The summed E-state index contributed by atoms with van der Waals surface area (Å²) in [6, 6.07) is 11.7. The zero-order valence-electron chi connectivity index (χ0n) is 14.4. The first kappa shape index (κ1) is 17.2. The predicted molar refractivity (Wildman–Crippen MR) is 105 cm³/mol. The van der Waals surface area contributed by atoms with Gasteiger partial charge in [-0.2, -0.15) is 0 Å². The van der Waals surface area contributed by atoms with Crippen molar-refractivity contribution in [3.63, 3.8) is 0 Å². The highest BCUT2D eigenvalue weighted by molar-refractivity contribution is 6.30. The van der Waals surface area contributed by atoms with Crippen molar-refractivity contribution >= 4 is 34.2 Å². The molecule has 0 spiro atoms. The van der Waals surface area contributed by atoms with Gasteiger partial charge in [-0.25, -0.2) is 0 Å². The quantitative estimate of drug-likeness (QED) is 0.706. The number of primary amides is 1. The first-order valence-electron chi connectivity index (χ1n) is 8.37. The molecule has 2 amide bonds. The van der Waals surface area contributed by atoms with Gasteiger partial charge in [0.1, 0.15) is 0 Å². The van der Waals surface area contributed by atoms with E-state index >= 15 is 0 Å². The lowest BCUT2D eigenvalue weighted by atomic mass is 9.97. The Morgan fingerprint density at radius 1 is 1.19 bits per heavy atom. The average molecular weight is 378 g/mol. The molecule has 2 heterocycles. The maximum Gasteiger partial charge on any atom is 0.254 e. The van der Waals surface area contributed by atoms with Crippen LogP contribution < -0.4 is 5.73 Å². The van der Waals surface area contributed by atoms with Crippen molar-refractivity contribution in [1.82, 2.24) is 9.88 Å². The Balaban J connectivity index is 1.77. The van der Waals surface area contributed by atoms with Gasteiger partial charge in [0, 0.05) is 35.6 Å². The number of pyridine rings is 1. The largest absolute Gasteiger partial charge is 0.366 e. The SMILES string of the molecule is C=C(CN1Cc2c(ccc3ccc(-c4cncc(Cl)c4)cc23)C1=O)C(N)=O. The van der Waals surface area contributed by atoms with Gasteiger partial charge in [-0.3, -0.25) is 14.6 Å². The van der Waals surface area contributed by atoms with Gasteiger partial charge in [0.2, 0.25) is 5.91 Å². The highest BCUT2D eigenvalue weighted by atomic mass is 35.5. The Labute approximate surface area is 161 Å². The van der Waals surface area contributed by atoms with Crippen molar-refractivity contribution in [1.29, 1.82) is 0 Å². The standard InChI is InChI=1S/C21H16ClN3O2/c1-12(20(23)26)10-25-11-19-17(21(25)27)5-4-13-2-3-14(7-18(13)19)15-6-16(22)9-24-8-15/h2-9H,1,10-11H2,(H2,23,26). The number of fused-ring (bicyclic) bond motifs is 3. The molecule has 0 unspecified atom stereocenters. The zero-order chi connectivity index (χ0) is 19.1. The third kappa shape index (κ3) is 3.06. The molecule has 0 atom stereocenters. The molecule has 134 valence electrons. The summed E-state index contributed by atoms with van der Waals surface area (Å²) in [7, 11) is 0. The van der Waals surface area contributed by atoms with Crippen molar-refractivity contribution in [3.05, 3.63) is 77.1 Å². The second kappa shape index (κ2) is 6.52. The summed E-state index contributed by atoms with van der Waals surface area (Å²) in [6.45, 7) is 4.19. The minimum atomic E-state index is -0.598. The molecule has 3 aromatic rings. The Kier molecular flexibility index (Phi) is 4.16. The molecule has 0 aliphatic carbocycles. The summed E-state index contributed by atoms with van der Waals surface area (Å²) in [5.41, 5.74) is 8.93. The number of carbonyl (C=O) groups excluding carboxylic acids is 2. The molecule has 6 heteroatoms. The van der Waals surface area contributed by atoms with Crippen molar-refractivity contribution in [2.24, 2.45) is 5.73 Å². The topological polar surface area (TPSA) is 76.3 Å². The number of carbonyl (C=O) groups is 2. The fourth-order valence-corrected chi connectivity index (χ4v) is 3.54.